The molecule has 0 aromatic heterocycles. The Hall–Kier alpha value is -1.40. The van der Waals surface area contributed by atoms with E-state index in [1.165, 1.54) is 5.56 Å². The average molecular weight is 379 g/mol. The first-order valence-corrected chi connectivity index (χ1v) is 11.5. The van der Waals surface area contributed by atoms with Crippen LogP contribution in [0, 0.1) is 0 Å². The van der Waals surface area contributed by atoms with Crippen LogP contribution in [0.3, 0.4) is 0 Å². The van der Waals surface area contributed by atoms with Gasteiger partial charge in [-0.1, -0.05) is 44.0 Å². The minimum absolute atomic E-state index is 0.0120. The summed E-state index contributed by atoms with van der Waals surface area (Å²) in [6.07, 6.45) is 4.59. The fraction of sp³-hybridized carbons (Fsp3) is 0.650. The average Bonchev–Trinajstić information content (AvgIpc) is 3.22. The van der Waals surface area contributed by atoms with Gasteiger partial charge in [-0.3, -0.25) is 4.79 Å². The summed E-state index contributed by atoms with van der Waals surface area (Å²) >= 11 is 0. The Kier molecular flexibility index (Phi) is 6.35. The number of hydrogen-bond acceptors (Lipinski definition) is 4. The van der Waals surface area contributed by atoms with Crippen molar-refractivity contribution in [3.8, 4) is 0 Å². The second-order valence-electron chi connectivity index (χ2n) is 7.43. The van der Waals surface area contributed by atoms with Crippen molar-refractivity contribution in [2.24, 2.45) is 0 Å². The maximum Gasteiger partial charge on any atom is 0.224 e. The van der Waals surface area contributed by atoms with E-state index in [0.717, 1.165) is 44.2 Å². The standard InChI is InChI=1S/C20H30N2O3S/c1-2-16-7-9-17(10-8-16)19-15-21-12-13-22(19)20(23)11-14-26(24,25)18-5-3-4-6-18/h7-10,18-19,21H,2-6,11-15H2,1H3. The first-order chi connectivity index (χ1) is 12.5. The van der Waals surface area contributed by atoms with Crippen LogP contribution in [0.4, 0.5) is 0 Å². The zero-order valence-corrected chi connectivity index (χ0v) is 16.4. The van der Waals surface area contributed by atoms with Crippen LogP contribution in [-0.4, -0.2) is 49.9 Å². The van der Waals surface area contributed by atoms with Gasteiger partial charge in [0.15, 0.2) is 9.84 Å². The lowest BCUT2D eigenvalue weighted by molar-refractivity contribution is -0.134. The lowest BCUT2D eigenvalue weighted by atomic mass is 10.0. The van der Waals surface area contributed by atoms with Crippen molar-refractivity contribution in [3.63, 3.8) is 0 Å². The van der Waals surface area contributed by atoms with Gasteiger partial charge in [0.1, 0.15) is 0 Å². The van der Waals surface area contributed by atoms with Gasteiger partial charge in [-0.25, -0.2) is 8.42 Å². The second kappa shape index (κ2) is 8.53. The van der Waals surface area contributed by atoms with Crippen LogP contribution >= 0.6 is 0 Å². The topological polar surface area (TPSA) is 66.5 Å². The Bertz CT molecular complexity index is 709. The van der Waals surface area contributed by atoms with Crippen LogP contribution in [0.25, 0.3) is 0 Å². The van der Waals surface area contributed by atoms with E-state index in [4.69, 9.17) is 0 Å². The zero-order valence-electron chi connectivity index (χ0n) is 15.6. The number of benzene rings is 1. The van der Waals surface area contributed by atoms with Crippen LogP contribution in [0.1, 0.15) is 56.2 Å². The van der Waals surface area contributed by atoms with Crippen molar-refractivity contribution in [2.75, 3.05) is 25.4 Å². The molecule has 0 spiro atoms. The summed E-state index contributed by atoms with van der Waals surface area (Å²) in [7, 11) is -3.15. The SMILES string of the molecule is CCc1ccc(C2CNCCN2C(=O)CCS(=O)(=O)C2CCCC2)cc1. The van der Waals surface area contributed by atoms with Crippen LogP contribution < -0.4 is 5.32 Å². The first kappa shape index (κ1) is 19.4. The van der Waals surface area contributed by atoms with Gasteiger partial charge < -0.3 is 10.2 Å². The molecule has 1 aromatic rings. The highest BCUT2D eigenvalue weighted by atomic mass is 32.2. The summed E-state index contributed by atoms with van der Waals surface area (Å²) in [4.78, 5) is 14.7. The van der Waals surface area contributed by atoms with Gasteiger partial charge in [-0.05, 0) is 30.4 Å². The lowest BCUT2D eigenvalue weighted by Gasteiger charge is -2.36. The fourth-order valence-corrected chi connectivity index (χ4v) is 5.91. The first-order valence-electron chi connectivity index (χ1n) is 9.82. The van der Waals surface area contributed by atoms with E-state index in [0.29, 0.717) is 13.1 Å². The molecular weight excluding hydrogens is 348 g/mol. The highest BCUT2D eigenvalue weighted by Crippen LogP contribution is 2.27. The molecule has 1 heterocycles. The van der Waals surface area contributed by atoms with Crippen molar-refractivity contribution >= 4 is 15.7 Å². The van der Waals surface area contributed by atoms with Gasteiger partial charge in [0.05, 0.1) is 17.0 Å². The highest BCUT2D eigenvalue weighted by molar-refractivity contribution is 7.92. The van der Waals surface area contributed by atoms with Crippen LogP contribution in [0.15, 0.2) is 24.3 Å². The largest absolute Gasteiger partial charge is 0.333 e. The minimum Gasteiger partial charge on any atom is -0.333 e. The number of carbonyl (C=O) groups excluding carboxylic acids is 1. The van der Waals surface area contributed by atoms with Gasteiger partial charge in [-0.2, -0.15) is 0 Å². The molecule has 1 aliphatic carbocycles. The van der Waals surface area contributed by atoms with E-state index in [1.54, 1.807) is 0 Å². The molecule has 1 unspecified atom stereocenters. The van der Waals surface area contributed by atoms with E-state index >= 15 is 0 Å². The summed E-state index contributed by atoms with van der Waals surface area (Å²) in [5.74, 6) is -0.0558. The van der Waals surface area contributed by atoms with Crippen molar-refractivity contribution in [1.29, 1.82) is 0 Å². The molecule has 1 saturated carbocycles. The molecule has 26 heavy (non-hydrogen) atoms. The van der Waals surface area contributed by atoms with Crippen molar-refractivity contribution in [2.45, 2.75) is 56.7 Å². The molecule has 1 saturated heterocycles. The van der Waals surface area contributed by atoms with E-state index in [9.17, 15) is 13.2 Å². The molecule has 5 nitrogen and oxygen atoms in total. The highest BCUT2D eigenvalue weighted by Gasteiger charge is 2.32. The number of carbonyl (C=O) groups is 1. The molecule has 3 rings (SSSR count). The van der Waals surface area contributed by atoms with E-state index in [2.05, 4.69) is 36.5 Å². The number of amides is 1. The molecule has 1 N–H and O–H groups in total. The molecule has 6 heteroatoms. The predicted octanol–water partition coefficient (Wildman–Crippen LogP) is 2.47. The number of aryl methyl sites for hydroxylation is 1. The predicted molar refractivity (Wildman–Crippen MR) is 104 cm³/mol. The van der Waals surface area contributed by atoms with E-state index < -0.39 is 9.84 Å². The van der Waals surface area contributed by atoms with Crippen molar-refractivity contribution in [3.05, 3.63) is 35.4 Å². The normalized spacial score (nSPS) is 21.9. The smallest absolute Gasteiger partial charge is 0.224 e. The Balaban J connectivity index is 1.65. The maximum absolute atomic E-state index is 12.8. The Morgan fingerprint density at radius 3 is 2.54 bits per heavy atom. The number of piperazine rings is 1. The third kappa shape index (κ3) is 4.46. The molecule has 0 bridgehead atoms. The Morgan fingerprint density at radius 2 is 1.88 bits per heavy atom. The van der Waals surface area contributed by atoms with Crippen LogP contribution in [0.2, 0.25) is 0 Å². The van der Waals surface area contributed by atoms with Gasteiger partial charge in [0, 0.05) is 26.1 Å². The molecule has 1 aromatic carbocycles. The molecular formula is C20H30N2O3S. The Labute approximate surface area is 157 Å². The number of nitrogens with zero attached hydrogens (tertiary/aromatic N) is 1. The number of hydrogen-bond donors (Lipinski definition) is 1. The van der Waals surface area contributed by atoms with E-state index in [1.807, 2.05) is 4.90 Å². The molecule has 2 fully saturated rings. The molecule has 0 radical (unpaired) electrons. The Morgan fingerprint density at radius 1 is 1.19 bits per heavy atom. The minimum atomic E-state index is -3.15. The van der Waals surface area contributed by atoms with Gasteiger partial charge in [0.2, 0.25) is 5.91 Å². The monoisotopic (exact) mass is 378 g/mol. The van der Waals surface area contributed by atoms with Crippen LogP contribution in [0.5, 0.6) is 0 Å². The third-order valence-electron chi connectivity index (χ3n) is 5.75. The molecule has 1 aliphatic heterocycles. The summed E-state index contributed by atoms with van der Waals surface area (Å²) in [5, 5.41) is 3.13. The lowest BCUT2D eigenvalue weighted by Crippen LogP contribution is -2.49. The maximum atomic E-state index is 12.8. The summed E-state index contributed by atoms with van der Waals surface area (Å²) in [5.41, 5.74) is 2.39. The molecule has 1 amide bonds. The van der Waals surface area contributed by atoms with Crippen LogP contribution in [-0.2, 0) is 21.1 Å². The summed E-state index contributed by atoms with van der Waals surface area (Å²) in [6.45, 7) is 4.22. The van der Waals surface area contributed by atoms with Gasteiger partial charge in [0.25, 0.3) is 0 Å². The number of rotatable bonds is 6. The van der Waals surface area contributed by atoms with Crippen molar-refractivity contribution in [1.82, 2.24) is 10.2 Å². The third-order valence-corrected chi connectivity index (χ3v) is 8.01. The molecule has 144 valence electrons. The van der Waals surface area contributed by atoms with Crippen molar-refractivity contribution < 1.29 is 13.2 Å². The quantitative estimate of drug-likeness (QED) is 0.826. The number of nitrogens with one attached hydrogen (secondary N) is 1. The molecule has 2 aliphatic rings. The van der Waals surface area contributed by atoms with Gasteiger partial charge >= 0.3 is 0 Å². The van der Waals surface area contributed by atoms with Gasteiger partial charge in [-0.15, -0.1) is 0 Å². The summed E-state index contributed by atoms with van der Waals surface area (Å²) < 4.78 is 24.9. The fourth-order valence-electron chi connectivity index (χ4n) is 4.06. The van der Waals surface area contributed by atoms with E-state index in [-0.39, 0.29) is 29.4 Å². The summed E-state index contributed by atoms with van der Waals surface area (Å²) in [6, 6.07) is 8.38. The second-order valence-corrected chi connectivity index (χ2v) is 9.83. The molecule has 1 atom stereocenters. The zero-order chi connectivity index (χ0) is 18.6. The number of sulfone groups is 1.